The molecular weight excluding hydrogens is 394 g/mol. The summed E-state index contributed by atoms with van der Waals surface area (Å²) in [6.45, 7) is 9.94. The first-order valence-corrected chi connectivity index (χ1v) is 12.6. The molecule has 1 unspecified atom stereocenters. The molecule has 164 valence electrons. The molecule has 0 heterocycles. The summed E-state index contributed by atoms with van der Waals surface area (Å²) in [6, 6.07) is 16.5. The van der Waals surface area contributed by atoms with E-state index in [0.717, 1.165) is 30.1 Å². The minimum absolute atomic E-state index is 0.0637. The van der Waals surface area contributed by atoms with E-state index in [-0.39, 0.29) is 11.8 Å². The first-order valence-electron chi connectivity index (χ1n) is 10.6. The lowest BCUT2D eigenvalue weighted by Crippen LogP contribution is -2.38. The molecule has 2 aromatic rings. The second-order valence-electron chi connectivity index (χ2n) is 8.29. The number of nitrogens with zero attached hydrogens (tertiary/aromatic N) is 1. The Kier molecular flexibility index (Phi) is 8.90. The minimum atomic E-state index is -3.02. The molecule has 0 aliphatic carbocycles. The summed E-state index contributed by atoms with van der Waals surface area (Å²) >= 11 is 0. The number of rotatable bonds is 9. The van der Waals surface area contributed by atoms with E-state index in [1.165, 1.54) is 17.4 Å². The van der Waals surface area contributed by atoms with Gasteiger partial charge in [0.25, 0.3) is 0 Å². The van der Waals surface area contributed by atoms with Gasteiger partial charge < -0.3 is 10.6 Å². The fourth-order valence-corrected chi connectivity index (χ4v) is 4.03. The van der Waals surface area contributed by atoms with E-state index in [1.54, 1.807) is 0 Å². The highest BCUT2D eigenvalue weighted by Crippen LogP contribution is 2.16. The highest BCUT2D eigenvalue weighted by Gasteiger charge is 2.09. The highest BCUT2D eigenvalue weighted by molar-refractivity contribution is 7.89. The molecule has 0 aliphatic rings. The van der Waals surface area contributed by atoms with E-state index >= 15 is 0 Å². The first kappa shape index (κ1) is 23.9. The van der Waals surface area contributed by atoms with E-state index in [2.05, 4.69) is 60.7 Å². The zero-order chi connectivity index (χ0) is 22.1. The predicted molar refractivity (Wildman–Crippen MR) is 126 cm³/mol. The van der Waals surface area contributed by atoms with Crippen LogP contribution < -0.4 is 10.6 Å². The fraction of sp³-hybridized carbons (Fsp3) is 0.458. The second-order valence-corrected chi connectivity index (χ2v) is 10.4. The zero-order valence-corrected chi connectivity index (χ0v) is 19.6. The summed E-state index contributed by atoms with van der Waals surface area (Å²) in [5, 5.41) is 6.76. The average molecular weight is 430 g/mol. The molecule has 6 heteroatoms. The molecule has 0 saturated heterocycles. The van der Waals surface area contributed by atoms with Crippen LogP contribution in [0.5, 0.6) is 0 Å². The third-order valence-electron chi connectivity index (χ3n) is 4.69. The Hall–Kier alpha value is -2.34. The van der Waals surface area contributed by atoms with Crippen molar-refractivity contribution in [3.8, 4) is 0 Å². The molecule has 30 heavy (non-hydrogen) atoms. The molecule has 0 saturated carbocycles. The van der Waals surface area contributed by atoms with Gasteiger partial charge in [0.2, 0.25) is 0 Å². The molecule has 0 bridgehead atoms. The number of nitrogens with one attached hydrogen (secondary N) is 2. The Morgan fingerprint density at radius 3 is 2.03 bits per heavy atom. The zero-order valence-electron chi connectivity index (χ0n) is 18.8. The quantitative estimate of drug-likeness (QED) is 0.462. The van der Waals surface area contributed by atoms with Crippen molar-refractivity contribution in [1.82, 2.24) is 10.6 Å². The normalized spacial score (nSPS) is 13.3. The van der Waals surface area contributed by atoms with E-state index in [9.17, 15) is 8.42 Å². The van der Waals surface area contributed by atoms with Crippen LogP contribution in [0.15, 0.2) is 53.5 Å². The molecule has 5 nitrogen and oxygen atoms in total. The molecule has 2 rings (SSSR count). The highest BCUT2D eigenvalue weighted by atomic mass is 32.2. The Balaban J connectivity index is 2.01. The summed E-state index contributed by atoms with van der Waals surface area (Å²) < 4.78 is 22.8. The monoisotopic (exact) mass is 429 g/mol. The van der Waals surface area contributed by atoms with Crippen LogP contribution in [0.2, 0.25) is 0 Å². The first-order chi connectivity index (χ1) is 14.2. The van der Waals surface area contributed by atoms with Crippen molar-refractivity contribution in [3.63, 3.8) is 0 Å². The lowest BCUT2D eigenvalue weighted by molar-refractivity contribution is 0.601. The van der Waals surface area contributed by atoms with E-state index < -0.39 is 9.84 Å². The van der Waals surface area contributed by atoms with E-state index in [4.69, 9.17) is 0 Å². The van der Waals surface area contributed by atoms with Gasteiger partial charge in [0.15, 0.2) is 15.8 Å². The van der Waals surface area contributed by atoms with Crippen molar-refractivity contribution in [2.45, 2.75) is 52.5 Å². The number of guanidine groups is 1. The predicted octanol–water partition coefficient (Wildman–Crippen LogP) is 4.25. The SMILES string of the molecule is CCNC(=NCc1ccc(CS(C)(=O)=O)cc1)NC(C)c1ccc(CC(C)C)cc1. The molecule has 0 amide bonds. The van der Waals surface area contributed by atoms with Gasteiger partial charge in [0.1, 0.15) is 0 Å². The smallest absolute Gasteiger partial charge is 0.192 e. The summed E-state index contributed by atoms with van der Waals surface area (Å²) in [5.74, 6) is 1.48. The van der Waals surface area contributed by atoms with Crippen molar-refractivity contribution in [2.75, 3.05) is 12.8 Å². The molecular formula is C24H35N3O2S. The Bertz CT molecular complexity index is 918. The van der Waals surface area contributed by atoms with Crippen LogP contribution in [0.1, 0.15) is 56.0 Å². The largest absolute Gasteiger partial charge is 0.357 e. The Morgan fingerprint density at radius 2 is 1.50 bits per heavy atom. The summed E-state index contributed by atoms with van der Waals surface area (Å²) in [5.41, 5.74) is 4.42. The number of sulfone groups is 1. The van der Waals surface area contributed by atoms with Crippen LogP contribution in [0.3, 0.4) is 0 Å². The number of hydrogen-bond donors (Lipinski definition) is 2. The van der Waals surface area contributed by atoms with Crippen molar-refractivity contribution in [1.29, 1.82) is 0 Å². The molecule has 0 spiro atoms. The van der Waals surface area contributed by atoms with Crippen LogP contribution in [-0.4, -0.2) is 27.2 Å². The summed E-state index contributed by atoms with van der Waals surface area (Å²) in [7, 11) is -3.02. The fourth-order valence-electron chi connectivity index (χ4n) is 3.24. The van der Waals surface area contributed by atoms with Crippen LogP contribution >= 0.6 is 0 Å². The van der Waals surface area contributed by atoms with Crippen LogP contribution in [0.4, 0.5) is 0 Å². The van der Waals surface area contributed by atoms with Gasteiger partial charge in [0.05, 0.1) is 18.3 Å². The topological polar surface area (TPSA) is 70.6 Å². The standard InChI is InChI=1S/C24H35N3O2S/c1-6-25-24(26-16-21-7-9-22(10-8-21)17-30(5,28)29)27-19(4)23-13-11-20(12-14-23)15-18(2)3/h7-14,18-19H,6,15-17H2,1-5H3,(H2,25,26,27). The summed E-state index contributed by atoms with van der Waals surface area (Å²) in [4.78, 5) is 4.69. The third kappa shape index (κ3) is 8.57. The average Bonchev–Trinajstić information content (AvgIpc) is 2.66. The van der Waals surface area contributed by atoms with Crippen LogP contribution in [0, 0.1) is 5.92 Å². The third-order valence-corrected chi connectivity index (χ3v) is 5.55. The molecule has 0 radical (unpaired) electrons. The maximum absolute atomic E-state index is 11.4. The maximum Gasteiger partial charge on any atom is 0.192 e. The van der Waals surface area contributed by atoms with Crippen molar-refractivity contribution in [2.24, 2.45) is 10.9 Å². The molecule has 2 aromatic carbocycles. The van der Waals surface area contributed by atoms with Gasteiger partial charge in [-0.2, -0.15) is 0 Å². The Morgan fingerprint density at radius 1 is 0.933 bits per heavy atom. The van der Waals surface area contributed by atoms with Gasteiger partial charge in [-0.25, -0.2) is 13.4 Å². The van der Waals surface area contributed by atoms with Crippen molar-refractivity contribution < 1.29 is 8.42 Å². The lowest BCUT2D eigenvalue weighted by atomic mass is 10.00. The molecule has 2 N–H and O–H groups in total. The van der Waals surface area contributed by atoms with Gasteiger partial charge >= 0.3 is 0 Å². The molecule has 1 atom stereocenters. The van der Waals surface area contributed by atoms with Crippen molar-refractivity contribution in [3.05, 3.63) is 70.8 Å². The lowest BCUT2D eigenvalue weighted by Gasteiger charge is -2.19. The number of hydrogen-bond acceptors (Lipinski definition) is 3. The van der Waals surface area contributed by atoms with E-state index in [0.29, 0.717) is 12.5 Å². The van der Waals surface area contributed by atoms with Gasteiger partial charge in [-0.3, -0.25) is 0 Å². The van der Waals surface area contributed by atoms with Crippen LogP contribution in [-0.2, 0) is 28.6 Å². The molecule has 0 aliphatic heterocycles. The molecule has 0 aromatic heterocycles. The van der Waals surface area contributed by atoms with Gasteiger partial charge in [-0.1, -0.05) is 62.4 Å². The molecule has 0 fully saturated rings. The van der Waals surface area contributed by atoms with Crippen LogP contribution in [0.25, 0.3) is 0 Å². The van der Waals surface area contributed by atoms with E-state index in [1.807, 2.05) is 31.2 Å². The van der Waals surface area contributed by atoms with Crippen molar-refractivity contribution >= 4 is 15.8 Å². The number of benzene rings is 2. The Labute approximate surface area is 181 Å². The summed E-state index contributed by atoms with van der Waals surface area (Å²) in [6.07, 6.45) is 2.34. The maximum atomic E-state index is 11.4. The van der Waals surface area contributed by atoms with Gasteiger partial charge in [0, 0.05) is 12.8 Å². The van der Waals surface area contributed by atoms with Gasteiger partial charge in [-0.05, 0) is 48.4 Å². The second kappa shape index (κ2) is 11.2. The minimum Gasteiger partial charge on any atom is -0.357 e. The van der Waals surface area contributed by atoms with Gasteiger partial charge in [-0.15, -0.1) is 0 Å². The number of aliphatic imine (C=N–C) groups is 1.